The molecule has 21 heavy (non-hydrogen) atoms. The van der Waals surface area contributed by atoms with Crippen LogP contribution in [0.3, 0.4) is 0 Å². The lowest BCUT2D eigenvalue weighted by molar-refractivity contribution is 0.0640. The van der Waals surface area contributed by atoms with E-state index in [9.17, 15) is 9.59 Å². The molecule has 7 heteroatoms. The fourth-order valence-electron chi connectivity index (χ4n) is 2.29. The lowest BCUT2D eigenvalue weighted by atomic mass is 10.2. The second-order valence-corrected chi connectivity index (χ2v) is 5.71. The Morgan fingerprint density at radius 2 is 2.00 bits per heavy atom. The van der Waals surface area contributed by atoms with Gasteiger partial charge in [0.25, 0.3) is 5.91 Å². The average molecular weight is 310 g/mol. The number of nitrogens with zero attached hydrogens (tertiary/aromatic N) is 2. The fourth-order valence-corrected chi connectivity index (χ4v) is 2.92. The molecule has 0 aromatic carbocycles. The van der Waals surface area contributed by atoms with Crippen LogP contribution in [-0.4, -0.2) is 67.6 Å². The van der Waals surface area contributed by atoms with Crippen LogP contribution in [-0.2, 0) is 0 Å². The number of piperazine rings is 1. The molecule has 2 heterocycles. The van der Waals surface area contributed by atoms with Crippen molar-refractivity contribution >= 4 is 23.3 Å². The first-order valence-electron chi connectivity index (χ1n) is 7.26. The van der Waals surface area contributed by atoms with Crippen molar-refractivity contribution in [2.24, 2.45) is 0 Å². The van der Waals surface area contributed by atoms with Crippen molar-refractivity contribution in [1.82, 2.24) is 20.4 Å². The van der Waals surface area contributed by atoms with Gasteiger partial charge >= 0.3 is 6.03 Å². The number of nitrogens with one attached hydrogen (secondary N) is 2. The van der Waals surface area contributed by atoms with E-state index in [1.807, 2.05) is 28.7 Å². The van der Waals surface area contributed by atoms with Crippen molar-refractivity contribution in [3.05, 3.63) is 22.4 Å². The van der Waals surface area contributed by atoms with Crippen molar-refractivity contribution in [1.29, 1.82) is 0 Å². The molecule has 1 aliphatic heterocycles. The van der Waals surface area contributed by atoms with Crippen LogP contribution in [0.1, 0.15) is 17.3 Å². The number of thiophene rings is 1. The van der Waals surface area contributed by atoms with Gasteiger partial charge in [0.05, 0.1) is 5.56 Å². The zero-order valence-corrected chi connectivity index (χ0v) is 13.1. The Morgan fingerprint density at radius 3 is 2.62 bits per heavy atom. The van der Waals surface area contributed by atoms with Crippen LogP contribution in [0.25, 0.3) is 0 Å². The van der Waals surface area contributed by atoms with E-state index in [0.717, 1.165) is 38.3 Å². The standard InChI is InChI=1S/C14H22N4O2S/c1-2-15-14(20)16-4-5-17-6-8-18(9-7-17)13(19)12-3-10-21-11-12/h3,10-11H,2,4-9H2,1H3,(H2,15,16,20). The second kappa shape index (κ2) is 7.99. The highest BCUT2D eigenvalue weighted by molar-refractivity contribution is 7.08. The van der Waals surface area contributed by atoms with Gasteiger partial charge in [-0.05, 0) is 18.4 Å². The zero-order valence-electron chi connectivity index (χ0n) is 12.3. The van der Waals surface area contributed by atoms with Gasteiger partial charge in [-0.25, -0.2) is 4.79 Å². The molecule has 1 fully saturated rings. The molecule has 0 saturated carbocycles. The van der Waals surface area contributed by atoms with Gasteiger partial charge in [0.15, 0.2) is 0 Å². The lowest BCUT2D eigenvalue weighted by Crippen LogP contribution is -2.50. The van der Waals surface area contributed by atoms with Crippen LogP contribution in [0, 0.1) is 0 Å². The van der Waals surface area contributed by atoms with Gasteiger partial charge in [0.2, 0.25) is 0 Å². The number of carbonyl (C=O) groups is 2. The third-order valence-electron chi connectivity index (χ3n) is 3.48. The van der Waals surface area contributed by atoms with E-state index in [0.29, 0.717) is 13.1 Å². The van der Waals surface area contributed by atoms with Crippen LogP contribution in [0.2, 0.25) is 0 Å². The summed E-state index contributed by atoms with van der Waals surface area (Å²) in [6, 6.07) is 1.75. The SMILES string of the molecule is CCNC(=O)NCCN1CCN(C(=O)c2ccsc2)CC1. The molecule has 1 aromatic rings. The van der Waals surface area contributed by atoms with E-state index >= 15 is 0 Å². The molecule has 0 radical (unpaired) electrons. The highest BCUT2D eigenvalue weighted by Crippen LogP contribution is 2.11. The minimum atomic E-state index is -0.122. The van der Waals surface area contributed by atoms with E-state index in [-0.39, 0.29) is 11.9 Å². The Balaban J connectivity index is 1.66. The quantitative estimate of drug-likeness (QED) is 0.846. The molecule has 116 valence electrons. The van der Waals surface area contributed by atoms with E-state index in [1.54, 1.807) is 11.3 Å². The molecule has 0 unspecified atom stereocenters. The fraction of sp³-hybridized carbons (Fsp3) is 0.571. The van der Waals surface area contributed by atoms with Gasteiger partial charge in [-0.1, -0.05) is 0 Å². The van der Waals surface area contributed by atoms with Gasteiger partial charge in [0.1, 0.15) is 0 Å². The summed E-state index contributed by atoms with van der Waals surface area (Å²) in [6.45, 7) is 7.17. The zero-order chi connectivity index (χ0) is 15.1. The Labute approximate surface area is 129 Å². The molecule has 2 rings (SSSR count). The number of rotatable bonds is 5. The monoisotopic (exact) mass is 310 g/mol. The Hall–Kier alpha value is -1.60. The highest BCUT2D eigenvalue weighted by Gasteiger charge is 2.21. The number of hydrogen-bond acceptors (Lipinski definition) is 4. The molecule has 1 saturated heterocycles. The van der Waals surface area contributed by atoms with Crippen molar-refractivity contribution < 1.29 is 9.59 Å². The molecule has 0 bridgehead atoms. The highest BCUT2D eigenvalue weighted by atomic mass is 32.1. The summed E-state index contributed by atoms with van der Waals surface area (Å²) >= 11 is 1.55. The third-order valence-corrected chi connectivity index (χ3v) is 4.16. The first kappa shape index (κ1) is 15.8. The summed E-state index contributed by atoms with van der Waals surface area (Å²) in [4.78, 5) is 27.6. The third kappa shape index (κ3) is 4.71. The van der Waals surface area contributed by atoms with Gasteiger partial charge < -0.3 is 15.5 Å². The Bertz CT molecular complexity index is 456. The number of carbonyl (C=O) groups excluding carboxylic acids is 2. The van der Waals surface area contributed by atoms with Crippen LogP contribution < -0.4 is 10.6 Å². The molecule has 1 aliphatic rings. The van der Waals surface area contributed by atoms with E-state index in [2.05, 4.69) is 15.5 Å². The van der Waals surface area contributed by atoms with Crippen LogP contribution in [0.5, 0.6) is 0 Å². The minimum absolute atomic E-state index is 0.122. The Kier molecular flexibility index (Phi) is 6.01. The summed E-state index contributed by atoms with van der Waals surface area (Å²) in [6.07, 6.45) is 0. The lowest BCUT2D eigenvalue weighted by Gasteiger charge is -2.34. The number of urea groups is 1. The molecule has 0 atom stereocenters. The van der Waals surface area contributed by atoms with Gasteiger partial charge in [-0.2, -0.15) is 11.3 Å². The Morgan fingerprint density at radius 1 is 1.24 bits per heavy atom. The normalized spacial score (nSPS) is 15.8. The maximum Gasteiger partial charge on any atom is 0.314 e. The molecule has 3 amide bonds. The first-order chi connectivity index (χ1) is 10.2. The number of amides is 3. The molecule has 0 aliphatic carbocycles. The molecular weight excluding hydrogens is 288 g/mol. The van der Waals surface area contributed by atoms with Gasteiger partial charge in [-0.15, -0.1) is 0 Å². The van der Waals surface area contributed by atoms with Gasteiger partial charge in [-0.3, -0.25) is 9.69 Å². The number of hydrogen-bond donors (Lipinski definition) is 2. The topological polar surface area (TPSA) is 64.7 Å². The van der Waals surface area contributed by atoms with Gasteiger partial charge in [0, 0.05) is 51.2 Å². The summed E-state index contributed by atoms with van der Waals surface area (Å²) in [5, 5.41) is 9.34. The maximum absolute atomic E-state index is 12.2. The maximum atomic E-state index is 12.2. The summed E-state index contributed by atoms with van der Waals surface area (Å²) in [5.74, 6) is 0.122. The van der Waals surface area contributed by atoms with E-state index < -0.39 is 0 Å². The van der Waals surface area contributed by atoms with E-state index in [1.165, 1.54) is 0 Å². The van der Waals surface area contributed by atoms with Crippen LogP contribution in [0.15, 0.2) is 16.8 Å². The van der Waals surface area contributed by atoms with Crippen molar-refractivity contribution in [2.75, 3.05) is 45.8 Å². The largest absolute Gasteiger partial charge is 0.338 e. The minimum Gasteiger partial charge on any atom is -0.338 e. The van der Waals surface area contributed by atoms with E-state index in [4.69, 9.17) is 0 Å². The van der Waals surface area contributed by atoms with Crippen molar-refractivity contribution in [3.8, 4) is 0 Å². The van der Waals surface area contributed by atoms with Crippen molar-refractivity contribution in [3.63, 3.8) is 0 Å². The predicted octanol–water partition coefficient (Wildman–Crippen LogP) is 0.825. The molecule has 0 spiro atoms. The second-order valence-electron chi connectivity index (χ2n) is 4.93. The molecular formula is C14H22N4O2S. The average Bonchev–Trinajstić information content (AvgIpc) is 3.02. The summed E-state index contributed by atoms with van der Waals surface area (Å²) in [5.41, 5.74) is 0.784. The van der Waals surface area contributed by atoms with Crippen LogP contribution >= 0.6 is 11.3 Å². The molecule has 6 nitrogen and oxygen atoms in total. The smallest absolute Gasteiger partial charge is 0.314 e. The van der Waals surface area contributed by atoms with Crippen molar-refractivity contribution in [2.45, 2.75) is 6.92 Å². The summed E-state index contributed by atoms with van der Waals surface area (Å²) < 4.78 is 0. The van der Waals surface area contributed by atoms with Crippen LogP contribution in [0.4, 0.5) is 4.79 Å². The molecule has 1 aromatic heterocycles. The summed E-state index contributed by atoms with van der Waals surface area (Å²) in [7, 11) is 0. The molecule has 2 N–H and O–H groups in total. The first-order valence-corrected chi connectivity index (χ1v) is 8.20. The predicted molar refractivity (Wildman–Crippen MR) is 83.7 cm³/mol.